The van der Waals surface area contributed by atoms with E-state index in [9.17, 15) is 0 Å². The number of nitrogens with zero attached hydrogens (tertiary/aromatic N) is 1. The van der Waals surface area contributed by atoms with Crippen LogP contribution in [-0.2, 0) is 17.8 Å². The Morgan fingerprint density at radius 1 is 1.35 bits per heavy atom. The Bertz CT molecular complexity index is 413. The summed E-state index contributed by atoms with van der Waals surface area (Å²) in [4.78, 5) is 2.50. The summed E-state index contributed by atoms with van der Waals surface area (Å²) in [7, 11) is 0. The largest absolute Gasteiger partial charge is 0.399 e. The fourth-order valence-electron chi connectivity index (χ4n) is 2.95. The molecule has 17 heavy (non-hydrogen) atoms. The molecule has 92 valence electrons. The lowest BCUT2D eigenvalue weighted by Gasteiger charge is -2.28. The number of rotatable bonds is 2. The molecule has 0 aromatic heterocycles. The van der Waals surface area contributed by atoms with Crippen LogP contribution in [0.5, 0.6) is 0 Å². The molecule has 2 aliphatic rings. The summed E-state index contributed by atoms with van der Waals surface area (Å²) >= 11 is 0. The third-order valence-electron chi connectivity index (χ3n) is 4.06. The van der Waals surface area contributed by atoms with Crippen LogP contribution >= 0.6 is 0 Å². The monoisotopic (exact) mass is 232 g/mol. The van der Waals surface area contributed by atoms with Gasteiger partial charge < -0.3 is 10.5 Å². The topological polar surface area (TPSA) is 38.5 Å². The zero-order chi connectivity index (χ0) is 11.8. The van der Waals surface area contributed by atoms with E-state index in [1.54, 1.807) is 0 Å². The summed E-state index contributed by atoms with van der Waals surface area (Å²) in [5.41, 5.74) is 9.51. The lowest BCUT2D eigenvalue weighted by Crippen LogP contribution is -2.37. The van der Waals surface area contributed by atoms with Crippen LogP contribution in [-0.4, -0.2) is 23.7 Å². The molecule has 3 heteroatoms. The molecule has 1 fully saturated rings. The van der Waals surface area contributed by atoms with Gasteiger partial charge in [-0.25, -0.2) is 0 Å². The number of hydrogen-bond acceptors (Lipinski definition) is 3. The third-order valence-corrected chi connectivity index (χ3v) is 4.06. The lowest BCUT2D eigenvalue weighted by atomic mass is 10.1. The van der Waals surface area contributed by atoms with E-state index in [2.05, 4.69) is 24.0 Å². The zero-order valence-corrected chi connectivity index (χ0v) is 10.4. The average molecular weight is 232 g/mol. The molecule has 2 unspecified atom stereocenters. The van der Waals surface area contributed by atoms with Crippen LogP contribution in [0.4, 0.5) is 5.69 Å². The van der Waals surface area contributed by atoms with E-state index in [1.165, 1.54) is 24.0 Å². The summed E-state index contributed by atoms with van der Waals surface area (Å²) in [6, 6.07) is 6.77. The normalized spacial score (nSPS) is 26.1. The van der Waals surface area contributed by atoms with Gasteiger partial charge in [-0.3, -0.25) is 4.90 Å². The first kappa shape index (κ1) is 11.1. The molecular formula is C14H20N2O. The minimum Gasteiger partial charge on any atom is -0.399 e. The summed E-state index contributed by atoms with van der Waals surface area (Å²) in [6.07, 6.45) is 2.83. The smallest absolute Gasteiger partial charge is 0.0728 e. The van der Waals surface area contributed by atoms with Crippen LogP contribution in [0.3, 0.4) is 0 Å². The van der Waals surface area contributed by atoms with Gasteiger partial charge in [0.25, 0.3) is 0 Å². The molecule has 1 aromatic carbocycles. The van der Waals surface area contributed by atoms with Crippen molar-refractivity contribution in [3.63, 3.8) is 0 Å². The van der Waals surface area contributed by atoms with Crippen LogP contribution in [0.1, 0.15) is 30.9 Å². The first-order chi connectivity index (χ1) is 8.24. The molecule has 2 atom stereocenters. The van der Waals surface area contributed by atoms with Crippen LogP contribution in [0, 0.1) is 0 Å². The van der Waals surface area contributed by atoms with Crippen molar-refractivity contribution in [3.05, 3.63) is 29.3 Å². The fraction of sp³-hybridized carbons (Fsp3) is 0.571. The predicted octanol–water partition coefficient (Wildman–Crippen LogP) is 2.15. The van der Waals surface area contributed by atoms with E-state index < -0.39 is 0 Å². The lowest BCUT2D eigenvalue weighted by molar-refractivity contribution is 0.0297. The van der Waals surface area contributed by atoms with Crippen molar-refractivity contribution in [2.24, 2.45) is 0 Å². The first-order valence-electron chi connectivity index (χ1n) is 6.47. The molecule has 3 rings (SSSR count). The van der Waals surface area contributed by atoms with E-state index in [4.69, 9.17) is 10.5 Å². The standard InChI is InChI=1S/C14H20N2O/c1-10(14-3-2-6-17-14)16-8-11-4-5-13(15)7-12(11)9-16/h4-5,7,10,14H,2-3,6,8-9,15H2,1H3. The molecule has 0 radical (unpaired) electrons. The van der Waals surface area contributed by atoms with Gasteiger partial charge in [-0.1, -0.05) is 6.07 Å². The van der Waals surface area contributed by atoms with Crippen molar-refractivity contribution < 1.29 is 4.74 Å². The predicted molar refractivity (Wildman–Crippen MR) is 68.5 cm³/mol. The molecule has 1 saturated heterocycles. The highest BCUT2D eigenvalue weighted by Gasteiger charge is 2.30. The van der Waals surface area contributed by atoms with Crippen molar-refractivity contribution in [2.75, 3.05) is 12.3 Å². The van der Waals surface area contributed by atoms with Gasteiger partial charge in [-0.2, -0.15) is 0 Å². The Labute approximate surface area is 103 Å². The molecule has 0 spiro atoms. The summed E-state index contributed by atoms with van der Waals surface area (Å²) in [5, 5.41) is 0. The number of nitrogen functional groups attached to an aromatic ring is 1. The minimum absolute atomic E-state index is 0.418. The number of hydrogen-bond donors (Lipinski definition) is 1. The van der Waals surface area contributed by atoms with Gasteiger partial charge in [0.05, 0.1) is 6.10 Å². The molecule has 1 aromatic rings. The maximum atomic E-state index is 5.83. The van der Waals surface area contributed by atoms with Crippen LogP contribution < -0.4 is 5.73 Å². The van der Waals surface area contributed by atoms with Gasteiger partial charge in [0.15, 0.2) is 0 Å². The van der Waals surface area contributed by atoms with Crippen molar-refractivity contribution >= 4 is 5.69 Å². The Hall–Kier alpha value is -1.06. The number of anilines is 1. The van der Waals surface area contributed by atoms with Crippen molar-refractivity contribution in [1.29, 1.82) is 0 Å². The molecular weight excluding hydrogens is 212 g/mol. The average Bonchev–Trinajstić information content (AvgIpc) is 2.96. The summed E-state index contributed by atoms with van der Waals surface area (Å²) in [6.45, 7) is 5.27. The van der Waals surface area contributed by atoms with E-state index in [0.717, 1.165) is 25.4 Å². The second-order valence-electron chi connectivity index (χ2n) is 5.23. The summed E-state index contributed by atoms with van der Waals surface area (Å²) < 4.78 is 5.78. The Morgan fingerprint density at radius 3 is 2.94 bits per heavy atom. The maximum Gasteiger partial charge on any atom is 0.0728 e. The number of fused-ring (bicyclic) bond motifs is 1. The molecule has 0 amide bonds. The second-order valence-corrected chi connectivity index (χ2v) is 5.23. The summed E-state index contributed by atoms with van der Waals surface area (Å²) in [5.74, 6) is 0. The second kappa shape index (κ2) is 4.31. The van der Waals surface area contributed by atoms with Gasteiger partial charge >= 0.3 is 0 Å². The first-order valence-corrected chi connectivity index (χ1v) is 6.47. The number of ether oxygens (including phenoxy) is 1. The maximum absolute atomic E-state index is 5.83. The highest BCUT2D eigenvalue weighted by molar-refractivity contribution is 5.46. The quantitative estimate of drug-likeness (QED) is 0.794. The molecule has 2 aliphatic heterocycles. The van der Waals surface area contributed by atoms with Gasteiger partial charge in [-0.05, 0) is 43.0 Å². The van der Waals surface area contributed by atoms with Crippen molar-refractivity contribution in [2.45, 2.75) is 45.0 Å². The number of benzene rings is 1. The molecule has 0 aliphatic carbocycles. The third kappa shape index (κ3) is 2.05. The SMILES string of the molecule is CC(C1CCCO1)N1Cc2ccc(N)cc2C1. The van der Waals surface area contributed by atoms with Crippen molar-refractivity contribution in [1.82, 2.24) is 4.90 Å². The van der Waals surface area contributed by atoms with Gasteiger partial charge in [0.1, 0.15) is 0 Å². The molecule has 0 bridgehead atoms. The number of nitrogens with two attached hydrogens (primary N) is 1. The van der Waals surface area contributed by atoms with E-state index in [-0.39, 0.29) is 0 Å². The molecule has 2 N–H and O–H groups in total. The van der Waals surface area contributed by atoms with Gasteiger partial charge in [0, 0.05) is 31.4 Å². The van der Waals surface area contributed by atoms with Gasteiger partial charge in [0.2, 0.25) is 0 Å². The van der Waals surface area contributed by atoms with E-state index in [1.807, 2.05) is 6.07 Å². The Morgan fingerprint density at radius 2 is 2.18 bits per heavy atom. The Balaban J connectivity index is 1.72. The zero-order valence-electron chi connectivity index (χ0n) is 10.4. The molecule has 0 saturated carbocycles. The van der Waals surface area contributed by atoms with E-state index >= 15 is 0 Å². The molecule has 3 nitrogen and oxygen atoms in total. The van der Waals surface area contributed by atoms with Crippen LogP contribution in [0.15, 0.2) is 18.2 Å². The van der Waals surface area contributed by atoms with Crippen LogP contribution in [0.2, 0.25) is 0 Å². The van der Waals surface area contributed by atoms with Gasteiger partial charge in [-0.15, -0.1) is 0 Å². The van der Waals surface area contributed by atoms with Crippen LogP contribution in [0.25, 0.3) is 0 Å². The fourth-order valence-corrected chi connectivity index (χ4v) is 2.95. The minimum atomic E-state index is 0.418. The van der Waals surface area contributed by atoms with Crippen molar-refractivity contribution in [3.8, 4) is 0 Å². The molecule has 2 heterocycles. The highest BCUT2D eigenvalue weighted by atomic mass is 16.5. The Kier molecular flexibility index (Phi) is 2.81. The van der Waals surface area contributed by atoms with E-state index in [0.29, 0.717) is 12.1 Å². The highest BCUT2D eigenvalue weighted by Crippen LogP contribution is 2.29.